The number of carbonyl (C=O) groups is 1. The number of hydrogen-bond donors (Lipinski definition) is 5. The normalized spacial score (nSPS) is 18.0. The van der Waals surface area contributed by atoms with Crippen molar-refractivity contribution in [2.24, 2.45) is 5.92 Å². The Labute approximate surface area is 195 Å². The highest BCUT2D eigenvalue weighted by molar-refractivity contribution is 5.77. The standard InChI is InChI=1S/C25H35N5O3/c1-2-10-28-25(32)29-14-19-18(17-5-4-11-27-13-17)12-20(30-24(19)26)23-21(31)6-3-7-22(23)33-15-16-8-9-16/h3,6-7,12,16-17,27,31H,2,4-5,8-11,13-15H2,1H3,(H2,26,30)(H2,28,29,32). The Kier molecular flexibility index (Phi) is 7.54. The number of aromatic hydroxyl groups is 1. The highest BCUT2D eigenvalue weighted by Crippen LogP contribution is 2.41. The molecule has 2 fully saturated rings. The molecule has 33 heavy (non-hydrogen) atoms. The summed E-state index contributed by atoms with van der Waals surface area (Å²) < 4.78 is 6.05. The van der Waals surface area contributed by atoms with E-state index in [2.05, 4.69) is 20.9 Å². The van der Waals surface area contributed by atoms with Gasteiger partial charge in [0.1, 0.15) is 17.3 Å². The van der Waals surface area contributed by atoms with Gasteiger partial charge in [0.25, 0.3) is 0 Å². The van der Waals surface area contributed by atoms with Crippen molar-refractivity contribution in [3.05, 3.63) is 35.4 Å². The third-order valence-corrected chi connectivity index (χ3v) is 6.32. The molecule has 1 saturated heterocycles. The second-order valence-corrected chi connectivity index (χ2v) is 9.02. The third-order valence-electron chi connectivity index (χ3n) is 6.32. The van der Waals surface area contributed by atoms with Gasteiger partial charge in [-0.1, -0.05) is 13.0 Å². The zero-order chi connectivity index (χ0) is 23.2. The minimum absolute atomic E-state index is 0.118. The number of nitrogen functional groups attached to an aromatic ring is 1. The van der Waals surface area contributed by atoms with Crippen LogP contribution < -0.4 is 26.4 Å². The number of nitrogens with two attached hydrogens (primary N) is 1. The summed E-state index contributed by atoms with van der Waals surface area (Å²) in [7, 11) is 0. The average Bonchev–Trinajstić information content (AvgIpc) is 3.65. The highest BCUT2D eigenvalue weighted by atomic mass is 16.5. The van der Waals surface area contributed by atoms with Gasteiger partial charge in [0.05, 0.1) is 17.9 Å². The largest absolute Gasteiger partial charge is 0.507 e. The summed E-state index contributed by atoms with van der Waals surface area (Å²) in [5.74, 6) is 1.94. The number of nitrogens with one attached hydrogen (secondary N) is 3. The zero-order valence-electron chi connectivity index (χ0n) is 19.3. The smallest absolute Gasteiger partial charge is 0.315 e. The van der Waals surface area contributed by atoms with Gasteiger partial charge in [-0.15, -0.1) is 0 Å². The van der Waals surface area contributed by atoms with Gasteiger partial charge >= 0.3 is 6.03 Å². The van der Waals surface area contributed by atoms with Crippen LogP contribution in [0.25, 0.3) is 11.3 Å². The topological polar surface area (TPSA) is 122 Å². The Bertz CT molecular complexity index is 971. The Morgan fingerprint density at radius 2 is 2.15 bits per heavy atom. The van der Waals surface area contributed by atoms with Crippen LogP contribution in [-0.2, 0) is 6.54 Å². The van der Waals surface area contributed by atoms with Gasteiger partial charge < -0.3 is 31.5 Å². The first-order valence-corrected chi connectivity index (χ1v) is 12.0. The summed E-state index contributed by atoms with van der Waals surface area (Å²) in [4.78, 5) is 16.8. The maximum Gasteiger partial charge on any atom is 0.315 e. The lowest BCUT2D eigenvalue weighted by molar-refractivity contribution is 0.240. The Morgan fingerprint density at radius 3 is 2.88 bits per heavy atom. The second-order valence-electron chi connectivity index (χ2n) is 9.02. The average molecular weight is 454 g/mol. The van der Waals surface area contributed by atoms with E-state index in [1.807, 2.05) is 19.1 Å². The van der Waals surface area contributed by atoms with Crippen molar-refractivity contribution in [1.82, 2.24) is 20.9 Å². The number of anilines is 1. The van der Waals surface area contributed by atoms with E-state index in [-0.39, 0.29) is 17.7 Å². The van der Waals surface area contributed by atoms with Crippen LogP contribution in [0.15, 0.2) is 24.3 Å². The number of hydrogen-bond acceptors (Lipinski definition) is 6. The van der Waals surface area contributed by atoms with Crippen molar-refractivity contribution in [2.45, 2.75) is 51.5 Å². The van der Waals surface area contributed by atoms with Gasteiger partial charge in [0.15, 0.2) is 0 Å². The molecule has 4 rings (SSSR count). The number of piperidine rings is 1. The van der Waals surface area contributed by atoms with Crippen molar-refractivity contribution in [3.8, 4) is 22.8 Å². The number of phenolic OH excluding ortho intramolecular Hbond substituents is 1. The molecule has 1 unspecified atom stereocenters. The molecular formula is C25H35N5O3. The van der Waals surface area contributed by atoms with E-state index in [1.54, 1.807) is 12.1 Å². The fraction of sp³-hybridized carbons (Fsp3) is 0.520. The van der Waals surface area contributed by atoms with Crippen LogP contribution in [0, 0.1) is 5.92 Å². The highest BCUT2D eigenvalue weighted by Gasteiger charge is 2.26. The molecule has 2 amide bonds. The van der Waals surface area contributed by atoms with Gasteiger partial charge in [0.2, 0.25) is 0 Å². The first-order chi connectivity index (χ1) is 16.1. The molecule has 0 bridgehead atoms. The van der Waals surface area contributed by atoms with Gasteiger partial charge in [0, 0.05) is 25.2 Å². The Balaban J connectivity index is 1.67. The summed E-state index contributed by atoms with van der Waals surface area (Å²) >= 11 is 0. The lowest BCUT2D eigenvalue weighted by atomic mass is 9.87. The monoisotopic (exact) mass is 453 g/mol. The van der Waals surface area contributed by atoms with Crippen LogP contribution in [0.2, 0.25) is 0 Å². The minimum atomic E-state index is -0.218. The Hall–Kier alpha value is -3.00. The maximum absolute atomic E-state index is 12.1. The number of carbonyl (C=O) groups excluding carboxylic acids is 1. The third kappa shape index (κ3) is 5.87. The number of urea groups is 1. The number of phenols is 1. The van der Waals surface area contributed by atoms with Crippen molar-refractivity contribution in [1.29, 1.82) is 0 Å². The molecule has 0 spiro atoms. The number of benzene rings is 1. The van der Waals surface area contributed by atoms with Crippen molar-refractivity contribution in [3.63, 3.8) is 0 Å². The Morgan fingerprint density at radius 1 is 1.30 bits per heavy atom. The minimum Gasteiger partial charge on any atom is -0.507 e. The summed E-state index contributed by atoms with van der Waals surface area (Å²) in [5.41, 5.74) is 9.50. The molecule has 1 aliphatic heterocycles. The van der Waals surface area contributed by atoms with Crippen molar-refractivity contribution >= 4 is 11.8 Å². The van der Waals surface area contributed by atoms with Gasteiger partial charge in [-0.3, -0.25) is 0 Å². The van der Waals surface area contributed by atoms with E-state index >= 15 is 0 Å². The molecule has 1 atom stereocenters. The fourth-order valence-corrected chi connectivity index (χ4v) is 4.27. The first kappa shape index (κ1) is 23.2. The van der Waals surface area contributed by atoms with Crippen LogP contribution in [0.3, 0.4) is 0 Å². The number of rotatable bonds is 9. The maximum atomic E-state index is 12.1. The lowest BCUT2D eigenvalue weighted by Crippen LogP contribution is -2.36. The molecule has 0 radical (unpaired) electrons. The van der Waals surface area contributed by atoms with Crippen LogP contribution in [0.5, 0.6) is 11.5 Å². The molecule has 8 nitrogen and oxygen atoms in total. The summed E-state index contributed by atoms with van der Waals surface area (Å²) in [6.45, 7) is 5.40. The van der Waals surface area contributed by atoms with Crippen LogP contribution in [0.1, 0.15) is 56.1 Å². The molecule has 1 aromatic carbocycles. The number of aromatic nitrogens is 1. The quantitative estimate of drug-likeness (QED) is 0.396. The summed E-state index contributed by atoms with van der Waals surface area (Å²) in [6.07, 6.45) is 5.34. The second kappa shape index (κ2) is 10.7. The van der Waals surface area contributed by atoms with Crippen molar-refractivity contribution in [2.75, 3.05) is 32.0 Å². The molecule has 1 aromatic heterocycles. The molecule has 2 aliphatic rings. The molecular weight excluding hydrogens is 418 g/mol. The molecule has 178 valence electrons. The predicted molar refractivity (Wildman–Crippen MR) is 129 cm³/mol. The molecule has 2 heterocycles. The van der Waals surface area contributed by atoms with Gasteiger partial charge in [-0.05, 0) is 74.2 Å². The van der Waals surface area contributed by atoms with Crippen LogP contribution in [0.4, 0.5) is 10.6 Å². The predicted octanol–water partition coefficient (Wildman–Crippen LogP) is 3.50. The van der Waals surface area contributed by atoms with E-state index < -0.39 is 0 Å². The van der Waals surface area contributed by atoms with E-state index in [0.717, 1.165) is 43.5 Å². The molecule has 6 N–H and O–H groups in total. The SMILES string of the molecule is CCCNC(=O)NCc1c(C2CCCNC2)cc(-c2c(O)cccc2OCC2CC2)nc1N. The molecule has 1 saturated carbocycles. The molecule has 8 heteroatoms. The number of amides is 2. The van der Waals surface area contributed by atoms with Gasteiger partial charge in [-0.2, -0.15) is 0 Å². The first-order valence-electron chi connectivity index (χ1n) is 12.0. The van der Waals surface area contributed by atoms with E-state index in [1.165, 1.54) is 12.8 Å². The van der Waals surface area contributed by atoms with E-state index in [4.69, 9.17) is 10.5 Å². The number of pyridine rings is 1. The van der Waals surface area contributed by atoms with Crippen LogP contribution >= 0.6 is 0 Å². The summed E-state index contributed by atoms with van der Waals surface area (Å²) in [6, 6.07) is 7.08. The van der Waals surface area contributed by atoms with Crippen LogP contribution in [-0.4, -0.2) is 42.4 Å². The van der Waals surface area contributed by atoms with Crippen molar-refractivity contribution < 1.29 is 14.6 Å². The zero-order valence-corrected chi connectivity index (χ0v) is 19.3. The van der Waals surface area contributed by atoms with E-state index in [9.17, 15) is 9.90 Å². The van der Waals surface area contributed by atoms with E-state index in [0.29, 0.717) is 48.4 Å². The van der Waals surface area contributed by atoms with Gasteiger partial charge in [-0.25, -0.2) is 9.78 Å². The lowest BCUT2D eigenvalue weighted by Gasteiger charge is -2.27. The fourth-order valence-electron chi connectivity index (χ4n) is 4.27. The molecule has 2 aromatic rings. The number of ether oxygens (including phenoxy) is 1. The molecule has 1 aliphatic carbocycles. The summed E-state index contributed by atoms with van der Waals surface area (Å²) in [5, 5.41) is 19.9. The number of nitrogens with zero attached hydrogens (tertiary/aromatic N) is 1.